The van der Waals surface area contributed by atoms with Crippen LogP contribution < -0.4 is 0 Å². The molecular formula is C7H5-. The summed E-state index contributed by atoms with van der Waals surface area (Å²) in [5.74, 6) is 0. The highest BCUT2D eigenvalue weighted by atomic mass is 13.8. The van der Waals surface area contributed by atoms with Crippen molar-refractivity contribution in [1.82, 2.24) is 0 Å². The Morgan fingerprint density at radius 2 is 1.57 bits per heavy atom. The molecule has 0 nitrogen and oxygen atoms in total. The molecule has 0 bridgehead atoms. The summed E-state index contributed by atoms with van der Waals surface area (Å²) in [4.78, 5) is 0. The molecule has 0 amide bonds. The molecule has 1 aromatic rings. The van der Waals surface area contributed by atoms with Crippen molar-refractivity contribution in [2.75, 3.05) is 0 Å². The van der Waals surface area contributed by atoms with E-state index in [-0.39, 0.29) is 0 Å². The maximum absolute atomic E-state index is 7.00. The van der Waals surface area contributed by atoms with Crippen molar-refractivity contribution in [3.63, 3.8) is 0 Å². The topological polar surface area (TPSA) is 0 Å². The summed E-state index contributed by atoms with van der Waals surface area (Å²) in [7, 11) is 0. The summed E-state index contributed by atoms with van der Waals surface area (Å²) in [6.07, 6.45) is 0. The maximum atomic E-state index is 7.00. The molecule has 0 N–H and O–H groups in total. The van der Waals surface area contributed by atoms with Gasteiger partial charge in [-0.1, -0.05) is 6.07 Å². The highest BCUT2D eigenvalue weighted by Crippen LogP contribution is 1.92. The van der Waals surface area contributed by atoms with Crippen molar-refractivity contribution in [2.45, 2.75) is 0 Å². The van der Waals surface area contributed by atoms with Crippen LogP contribution in [0.25, 0.3) is 0 Å². The van der Waals surface area contributed by atoms with E-state index in [4.69, 9.17) is 6.92 Å². The van der Waals surface area contributed by atoms with Crippen molar-refractivity contribution < 1.29 is 0 Å². The van der Waals surface area contributed by atoms with Gasteiger partial charge in [-0.15, -0.1) is 12.1 Å². The SMILES string of the molecule is [C-]c1ccccc1. The lowest BCUT2D eigenvalue weighted by atomic mass is 10.2. The van der Waals surface area contributed by atoms with Gasteiger partial charge in [-0.05, 0) is 0 Å². The van der Waals surface area contributed by atoms with E-state index in [1.54, 1.807) is 12.1 Å². The first-order chi connectivity index (χ1) is 3.39. The van der Waals surface area contributed by atoms with E-state index < -0.39 is 0 Å². The standard InChI is InChI=1S/C7H5/c1-7-5-3-2-4-6-7/h2-6H/q-1. The van der Waals surface area contributed by atoms with Crippen LogP contribution in [-0.4, -0.2) is 0 Å². The Kier molecular flexibility index (Phi) is 1.03. The molecule has 2 radical (unpaired) electrons. The fourth-order valence-electron chi connectivity index (χ4n) is 0.438. The molecule has 0 aliphatic carbocycles. The predicted octanol–water partition coefficient (Wildman–Crippen LogP) is 1.62. The van der Waals surface area contributed by atoms with Crippen LogP contribution in [0.2, 0.25) is 0 Å². The molecule has 0 heterocycles. The lowest BCUT2D eigenvalue weighted by Crippen LogP contribution is -1.62. The third-order valence-electron chi connectivity index (χ3n) is 0.774. The van der Waals surface area contributed by atoms with Crippen molar-refractivity contribution in [3.8, 4) is 0 Å². The van der Waals surface area contributed by atoms with Crippen LogP contribution in [0.4, 0.5) is 0 Å². The van der Waals surface area contributed by atoms with Gasteiger partial charge in [0.05, 0.1) is 0 Å². The number of benzene rings is 1. The molecule has 1 aromatic carbocycles. The molecule has 0 aliphatic heterocycles. The average Bonchev–Trinajstić information content (AvgIpc) is 1.69. The van der Waals surface area contributed by atoms with Crippen molar-refractivity contribution >= 4 is 0 Å². The molecule has 1 rings (SSSR count). The zero-order valence-electron chi connectivity index (χ0n) is 3.89. The van der Waals surface area contributed by atoms with Crippen LogP contribution in [0.5, 0.6) is 0 Å². The summed E-state index contributed by atoms with van der Waals surface area (Å²) >= 11 is 0. The van der Waals surface area contributed by atoms with Crippen LogP contribution in [0.3, 0.4) is 0 Å². The molecule has 0 atom stereocenters. The van der Waals surface area contributed by atoms with E-state index in [0.29, 0.717) is 5.56 Å². The van der Waals surface area contributed by atoms with Gasteiger partial charge in [-0.2, -0.15) is 12.1 Å². The first-order valence-electron chi connectivity index (χ1n) is 2.16. The Morgan fingerprint density at radius 1 is 1.00 bits per heavy atom. The van der Waals surface area contributed by atoms with Crippen molar-refractivity contribution in [1.29, 1.82) is 0 Å². The van der Waals surface area contributed by atoms with Crippen LogP contribution in [0.15, 0.2) is 30.3 Å². The molecule has 0 fully saturated rings. The van der Waals surface area contributed by atoms with Gasteiger partial charge >= 0.3 is 0 Å². The number of rotatable bonds is 0. The first kappa shape index (κ1) is 4.25. The predicted molar refractivity (Wildman–Crippen MR) is 28.8 cm³/mol. The fourth-order valence-corrected chi connectivity index (χ4v) is 0.438. The van der Waals surface area contributed by atoms with Gasteiger partial charge in [-0.3, -0.25) is 0 Å². The monoisotopic (exact) mass is 89.0 g/mol. The zero-order valence-corrected chi connectivity index (χ0v) is 3.89. The second kappa shape index (κ2) is 1.69. The second-order valence-electron chi connectivity index (χ2n) is 1.37. The van der Waals surface area contributed by atoms with E-state index in [2.05, 4.69) is 0 Å². The van der Waals surface area contributed by atoms with Gasteiger partial charge in [0.15, 0.2) is 0 Å². The summed E-state index contributed by atoms with van der Waals surface area (Å²) in [5.41, 5.74) is 0.572. The summed E-state index contributed by atoms with van der Waals surface area (Å²) < 4.78 is 0. The molecule has 0 aliphatic rings. The molecule has 0 unspecified atom stereocenters. The minimum Gasteiger partial charge on any atom is -0.250 e. The van der Waals surface area contributed by atoms with E-state index in [1.165, 1.54) is 0 Å². The number of hydrogen-bond donors (Lipinski definition) is 0. The summed E-state index contributed by atoms with van der Waals surface area (Å²) in [6, 6.07) is 9.10. The first-order valence-corrected chi connectivity index (χ1v) is 2.16. The fraction of sp³-hybridized carbons (Fsp3) is 0. The third kappa shape index (κ3) is 0.967. The smallest absolute Gasteiger partial charge is 0.0866 e. The molecule has 0 saturated heterocycles. The molecule has 7 heavy (non-hydrogen) atoms. The Labute approximate surface area is 43.8 Å². The summed E-state index contributed by atoms with van der Waals surface area (Å²) in [6.45, 7) is 7.00. The van der Waals surface area contributed by atoms with E-state index in [9.17, 15) is 0 Å². The molecule has 0 saturated carbocycles. The van der Waals surface area contributed by atoms with Gasteiger partial charge in [0, 0.05) is 0 Å². The Hall–Kier alpha value is -0.910. The average molecular weight is 89.1 g/mol. The lowest BCUT2D eigenvalue weighted by Gasteiger charge is -1.94. The zero-order chi connectivity index (χ0) is 5.11. The van der Waals surface area contributed by atoms with Gasteiger partial charge < -0.3 is 0 Å². The largest absolute Gasteiger partial charge is 0.250 e. The highest BCUT2D eigenvalue weighted by molar-refractivity contribution is 5.16. The third-order valence-corrected chi connectivity index (χ3v) is 0.774. The lowest BCUT2D eigenvalue weighted by molar-refractivity contribution is 1.62. The molecule has 0 heteroatoms. The van der Waals surface area contributed by atoms with Gasteiger partial charge in [-0.25, -0.2) is 12.5 Å². The Balaban J connectivity index is 3.02. The number of hydrogen-bond acceptors (Lipinski definition) is 0. The quantitative estimate of drug-likeness (QED) is 0.424. The van der Waals surface area contributed by atoms with Gasteiger partial charge in [0.25, 0.3) is 0 Å². The van der Waals surface area contributed by atoms with Crippen LogP contribution in [-0.2, 0) is 0 Å². The molecule has 0 aromatic heterocycles. The van der Waals surface area contributed by atoms with Gasteiger partial charge in [0.2, 0.25) is 0 Å². The molecule has 34 valence electrons. The minimum atomic E-state index is 0.572. The van der Waals surface area contributed by atoms with Crippen LogP contribution >= 0.6 is 0 Å². The summed E-state index contributed by atoms with van der Waals surface area (Å²) in [5, 5.41) is 0. The molecule has 0 spiro atoms. The Morgan fingerprint density at radius 3 is 1.86 bits per heavy atom. The van der Waals surface area contributed by atoms with Crippen molar-refractivity contribution in [3.05, 3.63) is 42.8 Å². The normalized spacial score (nSPS) is 8.57. The highest BCUT2D eigenvalue weighted by Gasteiger charge is 1.61. The van der Waals surface area contributed by atoms with Crippen LogP contribution in [0.1, 0.15) is 5.56 Å². The maximum Gasteiger partial charge on any atom is -0.0866 e. The van der Waals surface area contributed by atoms with E-state index in [0.717, 1.165) is 0 Å². The molecular weight excluding hydrogens is 84.1 g/mol. The van der Waals surface area contributed by atoms with Crippen LogP contribution in [0, 0.1) is 6.92 Å². The minimum absolute atomic E-state index is 0.572. The Bertz CT molecular complexity index is 130. The van der Waals surface area contributed by atoms with Crippen molar-refractivity contribution in [2.24, 2.45) is 0 Å². The van der Waals surface area contributed by atoms with E-state index >= 15 is 0 Å². The van der Waals surface area contributed by atoms with Gasteiger partial charge in [0.1, 0.15) is 0 Å². The van der Waals surface area contributed by atoms with E-state index in [1.807, 2.05) is 18.2 Å². The second-order valence-corrected chi connectivity index (χ2v) is 1.37.